The van der Waals surface area contributed by atoms with Crippen LogP contribution in [0, 0.1) is 17.2 Å². The predicted octanol–water partition coefficient (Wildman–Crippen LogP) is 2.86. The summed E-state index contributed by atoms with van der Waals surface area (Å²) in [6.45, 7) is 0. The number of hydrogen-bond acceptors (Lipinski definition) is 2. The van der Waals surface area contributed by atoms with E-state index in [0.29, 0.717) is 11.3 Å². The van der Waals surface area contributed by atoms with Crippen LogP contribution in [0.5, 0.6) is 0 Å². The van der Waals surface area contributed by atoms with Crippen molar-refractivity contribution in [1.82, 2.24) is 0 Å². The molecule has 1 aromatic rings. The lowest BCUT2D eigenvalue weighted by molar-refractivity contribution is -0.124. The highest BCUT2D eigenvalue weighted by atomic mass is 16.1. The summed E-state index contributed by atoms with van der Waals surface area (Å²) < 4.78 is 0. The van der Waals surface area contributed by atoms with Gasteiger partial charge in [0.1, 0.15) is 5.78 Å². The van der Waals surface area contributed by atoms with E-state index in [1.54, 1.807) is 0 Å². The highest BCUT2D eigenvalue weighted by Gasteiger charge is 2.21. The van der Waals surface area contributed by atoms with E-state index < -0.39 is 0 Å². The number of ketones is 1. The van der Waals surface area contributed by atoms with E-state index in [-0.39, 0.29) is 5.92 Å². The van der Waals surface area contributed by atoms with Crippen molar-refractivity contribution in [2.75, 3.05) is 0 Å². The van der Waals surface area contributed by atoms with Gasteiger partial charge in [-0.25, -0.2) is 0 Å². The molecule has 16 heavy (non-hydrogen) atoms. The summed E-state index contributed by atoms with van der Waals surface area (Å²) in [6, 6.07) is 9.66. The van der Waals surface area contributed by atoms with Gasteiger partial charge >= 0.3 is 0 Å². The van der Waals surface area contributed by atoms with Crippen LogP contribution in [-0.2, 0) is 11.2 Å². The molecule has 82 valence electrons. The van der Waals surface area contributed by atoms with Gasteiger partial charge in [-0.2, -0.15) is 5.26 Å². The second-order valence-corrected chi connectivity index (χ2v) is 4.42. The van der Waals surface area contributed by atoms with Crippen LogP contribution in [0.1, 0.15) is 36.8 Å². The fourth-order valence-electron chi connectivity index (χ4n) is 2.27. The van der Waals surface area contributed by atoms with Crippen LogP contribution in [0.25, 0.3) is 0 Å². The maximum atomic E-state index is 11.7. The molecule has 0 saturated heterocycles. The van der Waals surface area contributed by atoms with Crippen LogP contribution in [0.2, 0.25) is 0 Å². The Labute approximate surface area is 95.9 Å². The first-order valence-electron chi connectivity index (χ1n) is 5.81. The molecule has 1 fully saturated rings. The number of Topliss-reactive ketones (excluding diaryl/α,β-unsaturated/α-hetero) is 1. The zero-order valence-electron chi connectivity index (χ0n) is 9.28. The van der Waals surface area contributed by atoms with Gasteiger partial charge in [-0.1, -0.05) is 18.6 Å². The summed E-state index contributed by atoms with van der Waals surface area (Å²) >= 11 is 0. The summed E-state index contributed by atoms with van der Waals surface area (Å²) in [5, 5.41) is 8.69. The molecule has 1 unspecified atom stereocenters. The molecule has 1 aromatic carbocycles. The molecule has 1 atom stereocenters. The van der Waals surface area contributed by atoms with Gasteiger partial charge < -0.3 is 0 Å². The lowest BCUT2D eigenvalue weighted by Crippen LogP contribution is -2.20. The van der Waals surface area contributed by atoms with Crippen molar-refractivity contribution < 1.29 is 4.79 Å². The van der Waals surface area contributed by atoms with E-state index in [1.807, 2.05) is 24.3 Å². The van der Waals surface area contributed by atoms with Crippen molar-refractivity contribution in [2.45, 2.75) is 32.1 Å². The van der Waals surface area contributed by atoms with E-state index in [0.717, 1.165) is 25.7 Å². The molecule has 1 aliphatic carbocycles. The molecule has 0 amide bonds. The maximum Gasteiger partial charge on any atom is 0.136 e. The van der Waals surface area contributed by atoms with Gasteiger partial charge in [0.05, 0.1) is 11.6 Å². The highest BCUT2D eigenvalue weighted by Crippen LogP contribution is 2.24. The molecule has 0 N–H and O–H groups in total. The molecule has 0 aromatic heterocycles. The molecule has 1 saturated carbocycles. The first-order valence-corrected chi connectivity index (χ1v) is 5.81. The number of benzene rings is 1. The van der Waals surface area contributed by atoms with Gasteiger partial charge in [-0.15, -0.1) is 0 Å². The fraction of sp³-hybridized carbons (Fsp3) is 0.429. The lowest BCUT2D eigenvalue weighted by atomic mass is 9.84. The van der Waals surface area contributed by atoms with Crippen molar-refractivity contribution in [2.24, 2.45) is 5.92 Å². The quantitative estimate of drug-likeness (QED) is 0.758. The van der Waals surface area contributed by atoms with Gasteiger partial charge in [-0.05, 0) is 37.0 Å². The Hall–Kier alpha value is -1.62. The minimum atomic E-state index is 0.210. The minimum Gasteiger partial charge on any atom is -0.299 e. The van der Waals surface area contributed by atoms with Gasteiger partial charge in [0.2, 0.25) is 0 Å². The molecule has 0 bridgehead atoms. The van der Waals surface area contributed by atoms with Crippen LogP contribution < -0.4 is 0 Å². The molecule has 2 nitrogen and oxygen atoms in total. The summed E-state index contributed by atoms with van der Waals surface area (Å²) in [5.74, 6) is 0.622. The maximum absolute atomic E-state index is 11.7. The first-order chi connectivity index (χ1) is 7.79. The van der Waals surface area contributed by atoms with E-state index in [4.69, 9.17) is 5.26 Å². The van der Waals surface area contributed by atoms with Gasteiger partial charge in [0.25, 0.3) is 0 Å². The Bertz CT molecular complexity index is 413. The van der Waals surface area contributed by atoms with Crippen molar-refractivity contribution in [3.8, 4) is 6.07 Å². The van der Waals surface area contributed by atoms with Crippen molar-refractivity contribution in [1.29, 1.82) is 5.26 Å². The Kier molecular flexibility index (Phi) is 3.36. The Morgan fingerprint density at radius 2 is 2.00 bits per heavy atom. The molecule has 2 rings (SSSR count). The molecule has 1 aliphatic rings. The van der Waals surface area contributed by atoms with E-state index in [1.165, 1.54) is 12.0 Å². The smallest absolute Gasteiger partial charge is 0.136 e. The summed E-state index contributed by atoms with van der Waals surface area (Å²) in [5.41, 5.74) is 1.85. The fourth-order valence-corrected chi connectivity index (χ4v) is 2.27. The lowest BCUT2D eigenvalue weighted by Gasteiger charge is -2.20. The third-order valence-electron chi connectivity index (χ3n) is 3.25. The molecule has 0 aliphatic heterocycles. The zero-order chi connectivity index (χ0) is 11.4. The minimum absolute atomic E-state index is 0.210. The number of hydrogen-bond donors (Lipinski definition) is 0. The third kappa shape index (κ3) is 2.49. The summed E-state index contributed by atoms with van der Waals surface area (Å²) in [4.78, 5) is 11.7. The number of carbonyl (C=O) groups is 1. The number of carbonyl (C=O) groups excluding carboxylic acids is 1. The zero-order valence-corrected chi connectivity index (χ0v) is 9.28. The standard InChI is InChI=1S/C14H15NO/c15-10-12-7-5-11(6-8-12)9-13-3-1-2-4-14(13)16/h5-8,13H,1-4,9H2. The summed E-state index contributed by atoms with van der Waals surface area (Å²) in [7, 11) is 0. The first kappa shape index (κ1) is 10.9. The normalized spacial score (nSPS) is 20.4. The van der Waals surface area contributed by atoms with Gasteiger partial charge in [0.15, 0.2) is 0 Å². The number of nitriles is 1. The largest absolute Gasteiger partial charge is 0.299 e. The highest BCUT2D eigenvalue weighted by molar-refractivity contribution is 5.81. The molecule has 2 heteroatoms. The van der Waals surface area contributed by atoms with E-state index in [9.17, 15) is 4.79 Å². The molecular weight excluding hydrogens is 198 g/mol. The average molecular weight is 213 g/mol. The Morgan fingerprint density at radius 1 is 1.25 bits per heavy atom. The van der Waals surface area contributed by atoms with Crippen molar-refractivity contribution in [3.05, 3.63) is 35.4 Å². The van der Waals surface area contributed by atoms with Crippen molar-refractivity contribution in [3.63, 3.8) is 0 Å². The Balaban J connectivity index is 2.03. The van der Waals surface area contributed by atoms with Crippen LogP contribution in [0.3, 0.4) is 0 Å². The SMILES string of the molecule is N#Cc1ccc(CC2CCCCC2=O)cc1. The van der Waals surface area contributed by atoms with Crippen LogP contribution in [0.4, 0.5) is 0 Å². The second kappa shape index (κ2) is 4.94. The average Bonchev–Trinajstić information content (AvgIpc) is 2.33. The predicted molar refractivity (Wildman–Crippen MR) is 61.8 cm³/mol. The van der Waals surface area contributed by atoms with Crippen LogP contribution in [-0.4, -0.2) is 5.78 Å². The van der Waals surface area contributed by atoms with E-state index >= 15 is 0 Å². The number of rotatable bonds is 2. The molecular formula is C14H15NO. The molecule has 0 heterocycles. The molecule has 0 radical (unpaired) electrons. The van der Waals surface area contributed by atoms with Crippen molar-refractivity contribution >= 4 is 5.78 Å². The summed E-state index contributed by atoms with van der Waals surface area (Å²) in [6.07, 6.45) is 4.85. The van der Waals surface area contributed by atoms with Crippen LogP contribution in [0.15, 0.2) is 24.3 Å². The third-order valence-corrected chi connectivity index (χ3v) is 3.25. The topological polar surface area (TPSA) is 40.9 Å². The second-order valence-electron chi connectivity index (χ2n) is 4.42. The Morgan fingerprint density at radius 3 is 2.62 bits per heavy atom. The van der Waals surface area contributed by atoms with Gasteiger partial charge in [-0.3, -0.25) is 4.79 Å². The monoisotopic (exact) mass is 213 g/mol. The van der Waals surface area contributed by atoms with Gasteiger partial charge in [0, 0.05) is 12.3 Å². The van der Waals surface area contributed by atoms with Crippen LogP contribution >= 0.6 is 0 Å². The van der Waals surface area contributed by atoms with E-state index in [2.05, 4.69) is 6.07 Å². The molecule has 0 spiro atoms. The number of nitrogens with zero attached hydrogens (tertiary/aromatic N) is 1.